The van der Waals surface area contributed by atoms with Crippen molar-refractivity contribution in [2.75, 3.05) is 19.6 Å². The molecule has 1 heterocycles. The lowest BCUT2D eigenvalue weighted by atomic mass is 9.69. The van der Waals surface area contributed by atoms with Gasteiger partial charge in [0, 0.05) is 13.1 Å². The minimum absolute atomic E-state index is 0. The zero-order chi connectivity index (χ0) is 10.7. The number of halogens is 1. The highest BCUT2D eigenvalue weighted by Gasteiger charge is 2.37. The van der Waals surface area contributed by atoms with E-state index in [1.165, 1.54) is 44.9 Å². The first kappa shape index (κ1) is 13.8. The lowest BCUT2D eigenvalue weighted by molar-refractivity contribution is -0.133. The molecule has 0 aromatic carbocycles. The molecule has 3 nitrogen and oxygen atoms in total. The summed E-state index contributed by atoms with van der Waals surface area (Å²) in [5.74, 6) is 0.139. The van der Waals surface area contributed by atoms with Gasteiger partial charge in [-0.3, -0.25) is 4.79 Å². The van der Waals surface area contributed by atoms with Crippen molar-refractivity contribution in [1.29, 1.82) is 0 Å². The maximum Gasteiger partial charge on any atom is 0.236 e. The van der Waals surface area contributed by atoms with Crippen molar-refractivity contribution in [2.45, 2.75) is 44.9 Å². The van der Waals surface area contributed by atoms with Crippen LogP contribution >= 0.6 is 12.4 Å². The number of hydrogen-bond acceptors (Lipinski definition) is 2. The highest BCUT2D eigenvalue weighted by molar-refractivity contribution is 5.85. The van der Waals surface area contributed by atoms with Crippen LogP contribution in [0.5, 0.6) is 0 Å². The lowest BCUT2D eigenvalue weighted by Gasteiger charge is -2.45. The van der Waals surface area contributed by atoms with Crippen LogP contribution in [0.4, 0.5) is 0 Å². The van der Waals surface area contributed by atoms with E-state index in [-0.39, 0.29) is 24.9 Å². The number of nitrogens with zero attached hydrogens (tertiary/aromatic N) is 1. The molecule has 0 bridgehead atoms. The summed E-state index contributed by atoms with van der Waals surface area (Å²) in [6, 6.07) is 0. The number of hydrogen-bond donors (Lipinski definition) is 1. The molecule has 1 amide bonds. The normalized spacial score (nSPS) is 23.9. The number of rotatable bonds is 1. The number of carbonyl (C=O) groups is 1. The fourth-order valence-electron chi connectivity index (χ4n) is 3.26. The van der Waals surface area contributed by atoms with Gasteiger partial charge in [0.25, 0.3) is 0 Å². The Morgan fingerprint density at radius 3 is 2.38 bits per heavy atom. The molecule has 2 aliphatic rings. The van der Waals surface area contributed by atoms with Crippen molar-refractivity contribution < 1.29 is 4.79 Å². The van der Waals surface area contributed by atoms with E-state index in [0.29, 0.717) is 5.41 Å². The zero-order valence-corrected chi connectivity index (χ0v) is 10.7. The molecule has 1 saturated carbocycles. The van der Waals surface area contributed by atoms with Crippen LogP contribution in [0.15, 0.2) is 0 Å². The monoisotopic (exact) mass is 246 g/mol. The lowest BCUT2D eigenvalue weighted by Crippen LogP contribution is -2.48. The van der Waals surface area contributed by atoms with Gasteiger partial charge in [-0.1, -0.05) is 19.3 Å². The van der Waals surface area contributed by atoms with Crippen molar-refractivity contribution in [3.63, 3.8) is 0 Å². The van der Waals surface area contributed by atoms with Gasteiger partial charge in [-0.2, -0.15) is 0 Å². The van der Waals surface area contributed by atoms with Gasteiger partial charge in [0.1, 0.15) is 0 Å². The Morgan fingerprint density at radius 2 is 1.75 bits per heavy atom. The highest BCUT2D eigenvalue weighted by atomic mass is 35.5. The minimum atomic E-state index is 0. The van der Waals surface area contributed by atoms with E-state index in [1.54, 1.807) is 0 Å². The van der Waals surface area contributed by atoms with E-state index in [2.05, 4.69) is 0 Å². The number of piperidine rings is 1. The topological polar surface area (TPSA) is 46.3 Å². The molecule has 0 atom stereocenters. The number of carbonyl (C=O) groups excluding carboxylic acids is 1. The van der Waals surface area contributed by atoms with E-state index in [0.717, 1.165) is 13.1 Å². The quantitative estimate of drug-likeness (QED) is 0.769. The van der Waals surface area contributed by atoms with E-state index in [4.69, 9.17) is 5.73 Å². The van der Waals surface area contributed by atoms with Gasteiger partial charge in [0.2, 0.25) is 5.91 Å². The average molecular weight is 247 g/mol. The highest BCUT2D eigenvalue weighted by Crippen LogP contribution is 2.43. The Hall–Kier alpha value is -0.280. The van der Waals surface area contributed by atoms with Gasteiger partial charge < -0.3 is 10.6 Å². The molecule has 2 rings (SSSR count). The number of nitrogens with two attached hydrogens (primary N) is 1. The summed E-state index contributed by atoms with van der Waals surface area (Å²) in [6.45, 7) is 2.08. The second-order valence-electron chi connectivity index (χ2n) is 5.18. The van der Waals surface area contributed by atoms with Gasteiger partial charge in [-0.05, 0) is 31.1 Å². The zero-order valence-electron chi connectivity index (χ0n) is 9.91. The molecule has 1 saturated heterocycles. The summed E-state index contributed by atoms with van der Waals surface area (Å²) in [7, 11) is 0. The third-order valence-electron chi connectivity index (χ3n) is 4.10. The summed E-state index contributed by atoms with van der Waals surface area (Å²) in [6.07, 6.45) is 9.22. The van der Waals surface area contributed by atoms with Crippen LogP contribution in [-0.4, -0.2) is 30.4 Å². The van der Waals surface area contributed by atoms with Crippen LogP contribution in [-0.2, 0) is 4.79 Å². The number of amides is 1. The van der Waals surface area contributed by atoms with Crippen LogP contribution in [0.3, 0.4) is 0 Å². The van der Waals surface area contributed by atoms with Crippen LogP contribution in [0.25, 0.3) is 0 Å². The molecule has 0 aromatic rings. The molecule has 1 aliphatic carbocycles. The molecule has 2 N–H and O–H groups in total. The molecule has 94 valence electrons. The van der Waals surface area contributed by atoms with Crippen molar-refractivity contribution >= 4 is 18.3 Å². The third-order valence-corrected chi connectivity index (χ3v) is 4.10. The summed E-state index contributed by atoms with van der Waals surface area (Å²) in [5.41, 5.74) is 5.89. The van der Waals surface area contributed by atoms with Crippen LogP contribution in [0.1, 0.15) is 44.9 Å². The van der Waals surface area contributed by atoms with E-state index < -0.39 is 0 Å². The smallest absolute Gasteiger partial charge is 0.236 e. The van der Waals surface area contributed by atoms with Crippen molar-refractivity contribution in [3.05, 3.63) is 0 Å². The van der Waals surface area contributed by atoms with Gasteiger partial charge in [-0.15, -0.1) is 12.4 Å². The maximum absolute atomic E-state index is 11.6. The van der Waals surface area contributed by atoms with Crippen molar-refractivity contribution in [1.82, 2.24) is 4.90 Å². The third kappa shape index (κ3) is 2.89. The summed E-state index contributed by atoms with van der Waals surface area (Å²) >= 11 is 0. The predicted octanol–water partition coefficient (Wildman–Crippen LogP) is 1.94. The first-order valence-electron chi connectivity index (χ1n) is 6.24. The van der Waals surface area contributed by atoms with Crippen LogP contribution in [0.2, 0.25) is 0 Å². The Bertz CT molecular complexity index is 234. The largest absolute Gasteiger partial charge is 0.341 e. The van der Waals surface area contributed by atoms with E-state index >= 15 is 0 Å². The van der Waals surface area contributed by atoms with E-state index in [9.17, 15) is 4.79 Å². The SMILES string of the molecule is Cl.NCC(=O)N1CCCC2(CCCCC2)C1. The van der Waals surface area contributed by atoms with Gasteiger partial charge in [0.05, 0.1) is 6.54 Å². The Kier molecular flexibility index (Phi) is 5.06. The fraction of sp³-hybridized carbons (Fsp3) is 0.917. The molecule has 4 heteroatoms. The minimum Gasteiger partial charge on any atom is -0.341 e. The van der Waals surface area contributed by atoms with Crippen LogP contribution < -0.4 is 5.73 Å². The van der Waals surface area contributed by atoms with Crippen LogP contribution in [0, 0.1) is 5.41 Å². The molecular weight excluding hydrogens is 224 g/mol. The summed E-state index contributed by atoms with van der Waals surface area (Å²) < 4.78 is 0. The van der Waals surface area contributed by atoms with Crippen molar-refractivity contribution in [2.24, 2.45) is 11.1 Å². The average Bonchev–Trinajstić information content (AvgIpc) is 2.29. The fourth-order valence-corrected chi connectivity index (χ4v) is 3.26. The number of likely N-dealkylation sites (tertiary alicyclic amines) is 1. The summed E-state index contributed by atoms with van der Waals surface area (Å²) in [5, 5.41) is 0. The van der Waals surface area contributed by atoms with E-state index in [1.807, 2.05) is 4.90 Å². The molecule has 1 aliphatic heterocycles. The first-order chi connectivity index (χ1) is 7.26. The molecule has 2 fully saturated rings. The summed E-state index contributed by atoms with van der Waals surface area (Å²) in [4.78, 5) is 13.6. The molecule has 1 spiro atoms. The second-order valence-corrected chi connectivity index (χ2v) is 5.18. The Balaban J connectivity index is 0.00000128. The molecule has 0 radical (unpaired) electrons. The molecule has 16 heavy (non-hydrogen) atoms. The standard InChI is InChI=1S/C12H22N2O.ClH/c13-9-11(15)14-8-4-7-12(10-14)5-2-1-3-6-12;/h1-10,13H2;1H. The molecular formula is C12H23ClN2O. The maximum atomic E-state index is 11.6. The van der Waals surface area contributed by atoms with Gasteiger partial charge >= 0.3 is 0 Å². The Morgan fingerprint density at radius 1 is 1.12 bits per heavy atom. The Labute approximate surface area is 104 Å². The predicted molar refractivity (Wildman–Crippen MR) is 67.6 cm³/mol. The second kappa shape index (κ2) is 5.87. The molecule has 0 aromatic heterocycles. The first-order valence-corrected chi connectivity index (χ1v) is 6.24. The van der Waals surface area contributed by atoms with Gasteiger partial charge in [-0.25, -0.2) is 0 Å². The van der Waals surface area contributed by atoms with Crippen molar-refractivity contribution in [3.8, 4) is 0 Å². The molecule has 0 unspecified atom stereocenters. The van der Waals surface area contributed by atoms with Gasteiger partial charge in [0.15, 0.2) is 0 Å².